The molecule has 6 aromatic rings. The summed E-state index contributed by atoms with van der Waals surface area (Å²) in [6, 6.07) is 34.5. The minimum Gasteiger partial charge on any atom is -0.308 e. The molecular formula is C33H21N. The Kier molecular flexibility index (Phi) is 3.00. The fourth-order valence-electron chi connectivity index (χ4n) is 7.01. The second-order valence-electron chi connectivity index (χ2n) is 10.1. The Morgan fingerprint density at radius 3 is 2.09 bits per heavy atom. The van der Waals surface area contributed by atoms with Crippen LogP contribution in [0.15, 0.2) is 91.0 Å². The molecule has 1 heteroatoms. The molecule has 0 atom stereocenters. The van der Waals surface area contributed by atoms with Gasteiger partial charge in [-0.15, -0.1) is 0 Å². The van der Waals surface area contributed by atoms with E-state index in [2.05, 4.69) is 95.6 Å². The molecule has 0 fully saturated rings. The number of rotatable bonds is 0. The van der Waals surface area contributed by atoms with Crippen molar-refractivity contribution in [3.8, 4) is 27.9 Å². The van der Waals surface area contributed by atoms with Crippen LogP contribution in [0.25, 0.3) is 49.7 Å². The summed E-state index contributed by atoms with van der Waals surface area (Å²) in [6.45, 7) is 0. The standard InChI is InChI=1S/C33H21N/c1-4-10-25-19(6-1)14-23-17-29-27-11-5-8-21-15-22-12-13-26-24-9-3-2-7-20(24)16-30(26)33(22)34(32(21)27)31(29)18-28(23)25/h1-13,17-18H,14-16H2. The van der Waals surface area contributed by atoms with Gasteiger partial charge in [0.25, 0.3) is 0 Å². The first kappa shape index (κ1) is 17.4. The minimum atomic E-state index is 1.01. The molecule has 0 N–H and O–H groups in total. The van der Waals surface area contributed by atoms with E-state index in [9.17, 15) is 0 Å². The molecule has 0 spiro atoms. The van der Waals surface area contributed by atoms with Crippen LogP contribution < -0.4 is 0 Å². The first-order chi connectivity index (χ1) is 16.8. The molecule has 2 aliphatic carbocycles. The molecule has 0 saturated heterocycles. The maximum absolute atomic E-state index is 2.62. The smallest absolute Gasteiger partial charge is 0.0576 e. The van der Waals surface area contributed by atoms with Gasteiger partial charge in [0.15, 0.2) is 0 Å². The molecule has 158 valence electrons. The lowest BCUT2D eigenvalue weighted by molar-refractivity contribution is 1.02. The van der Waals surface area contributed by atoms with Gasteiger partial charge in [0, 0.05) is 23.6 Å². The molecule has 2 heterocycles. The highest BCUT2D eigenvalue weighted by atomic mass is 15.0. The van der Waals surface area contributed by atoms with E-state index in [1.54, 1.807) is 0 Å². The van der Waals surface area contributed by atoms with E-state index >= 15 is 0 Å². The van der Waals surface area contributed by atoms with Crippen LogP contribution in [0.2, 0.25) is 0 Å². The zero-order valence-corrected chi connectivity index (χ0v) is 18.7. The average molecular weight is 432 g/mol. The molecule has 3 aliphatic rings. The molecule has 0 bridgehead atoms. The Morgan fingerprint density at radius 2 is 1.21 bits per heavy atom. The number of para-hydroxylation sites is 1. The van der Waals surface area contributed by atoms with Gasteiger partial charge in [-0.25, -0.2) is 0 Å². The van der Waals surface area contributed by atoms with Crippen LogP contribution in [0, 0.1) is 0 Å². The molecular weight excluding hydrogens is 410 g/mol. The van der Waals surface area contributed by atoms with Gasteiger partial charge >= 0.3 is 0 Å². The molecule has 0 radical (unpaired) electrons. The van der Waals surface area contributed by atoms with Crippen molar-refractivity contribution in [1.29, 1.82) is 0 Å². The third-order valence-corrected chi connectivity index (χ3v) is 8.43. The largest absolute Gasteiger partial charge is 0.308 e. The molecule has 1 aliphatic heterocycles. The van der Waals surface area contributed by atoms with Crippen molar-refractivity contribution in [2.24, 2.45) is 0 Å². The van der Waals surface area contributed by atoms with Crippen LogP contribution in [-0.4, -0.2) is 4.57 Å². The van der Waals surface area contributed by atoms with Crippen LogP contribution in [-0.2, 0) is 19.3 Å². The number of hydrogen-bond donors (Lipinski definition) is 0. The summed E-state index contributed by atoms with van der Waals surface area (Å²) in [5, 5.41) is 2.79. The Labute approximate surface area is 197 Å². The van der Waals surface area contributed by atoms with E-state index in [4.69, 9.17) is 0 Å². The van der Waals surface area contributed by atoms with Crippen molar-refractivity contribution >= 4 is 21.8 Å². The molecule has 5 aromatic carbocycles. The van der Waals surface area contributed by atoms with Crippen molar-refractivity contribution in [1.82, 2.24) is 4.57 Å². The monoisotopic (exact) mass is 431 g/mol. The van der Waals surface area contributed by atoms with E-state index in [1.165, 1.54) is 83.1 Å². The number of benzene rings is 5. The highest BCUT2D eigenvalue weighted by molar-refractivity contribution is 6.13. The molecule has 0 unspecified atom stereocenters. The highest BCUT2D eigenvalue weighted by Crippen LogP contribution is 2.48. The fraction of sp³-hybridized carbons (Fsp3) is 0.0909. The topological polar surface area (TPSA) is 4.93 Å². The number of aromatic nitrogens is 1. The first-order valence-corrected chi connectivity index (χ1v) is 12.3. The normalized spacial score (nSPS) is 14.1. The Bertz CT molecular complexity index is 1880. The summed E-state index contributed by atoms with van der Waals surface area (Å²) in [5.74, 6) is 0. The molecule has 0 saturated carbocycles. The molecule has 1 nitrogen and oxygen atoms in total. The van der Waals surface area contributed by atoms with Crippen LogP contribution >= 0.6 is 0 Å². The molecule has 1 aromatic heterocycles. The number of nitrogens with zero attached hydrogens (tertiary/aromatic N) is 1. The maximum atomic E-state index is 2.62. The second kappa shape index (κ2) is 5.87. The van der Waals surface area contributed by atoms with E-state index < -0.39 is 0 Å². The van der Waals surface area contributed by atoms with Crippen molar-refractivity contribution in [2.45, 2.75) is 19.3 Å². The van der Waals surface area contributed by atoms with E-state index in [0.29, 0.717) is 0 Å². The zero-order chi connectivity index (χ0) is 22.0. The molecule has 9 rings (SSSR count). The quantitative estimate of drug-likeness (QED) is 0.231. The van der Waals surface area contributed by atoms with Gasteiger partial charge < -0.3 is 4.57 Å². The van der Waals surface area contributed by atoms with E-state index in [0.717, 1.165) is 19.3 Å². The van der Waals surface area contributed by atoms with Crippen molar-refractivity contribution in [2.75, 3.05) is 0 Å². The van der Waals surface area contributed by atoms with Gasteiger partial charge in [-0.3, -0.25) is 0 Å². The Balaban J connectivity index is 1.43. The van der Waals surface area contributed by atoms with Gasteiger partial charge in [0.05, 0.1) is 16.7 Å². The van der Waals surface area contributed by atoms with Crippen LogP contribution in [0.1, 0.15) is 33.4 Å². The fourth-order valence-corrected chi connectivity index (χ4v) is 7.01. The first-order valence-electron chi connectivity index (χ1n) is 12.3. The Hall–Kier alpha value is -4.10. The van der Waals surface area contributed by atoms with Crippen molar-refractivity contribution in [3.05, 3.63) is 124 Å². The second-order valence-corrected chi connectivity index (χ2v) is 10.1. The van der Waals surface area contributed by atoms with Gasteiger partial charge in [-0.05, 0) is 74.2 Å². The zero-order valence-electron chi connectivity index (χ0n) is 18.7. The summed E-state index contributed by atoms with van der Waals surface area (Å²) < 4.78 is 2.62. The van der Waals surface area contributed by atoms with Gasteiger partial charge in [-0.2, -0.15) is 0 Å². The van der Waals surface area contributed by atoms with Crippen LogP contribution in [0.4, 0.5) is 0 Å². The summed E-state index contributed by atoms with van der Waals surface area (Å²) in [6.07, 6.45) is 3.07. The van der Waals surface area contributed by atoms with Gasteiger partial charge in [0.2, 0.25) is 0 Å². The molecule has 0 amide bonds. The van der Waals surface area contributed by atoms with Crippen LogP contribution in [0.5, 0.6) is 0 Å². The summed E-state index contributed by atoms with van der Waals surface area (Å²) >= 11 is 0. The third kappa shape index (κ3) is 1.98. The molecule has 34 heavy (non-hydrogen) atoms. The van der Waals surface area contributed by atoms with Crippen molar-refractivity contribution in [3.63, 3.8) is 0 Å². The van der Waals surface area contributed by atoms with E-state index in [-0.39, 0.29) is 0 Å². The van der Waals surface area contributed by atoms with Crippen LogP contribution in [0.3, 0.4) is 0 Å². The highest BCUT2D eigenvalue weighted by Gasteiger charge is 2.30. The lowest BCUT2D eigenvalue weighted by Crippen LogP contribution is -2.10. The maximum Gasteiger partial charge on any atom is 0.0576 e. The number of fused-ring (bicyclic) bond motifs is 12. The number of hydrogen-bond acceptors (Lipinski definition) is 0. The summed E-state index contributed by atoms with van der Waals surface area (Å²) in [5.41, 5.74) is 18.6. The SMILES string of the molecule is c1ccc2c(c1)Cc1cc3c4cccc5c4n(c3cc1-2)-c1c(ccc2c1Cc1ccccc1-2)C5. The predicted octanol–water partition coefficient (Wildman–Crippen LogP) is 7.83. The van der Waals surface area contributed by atoms with Gasteiger partial charge in [-0.1, -0.05) is 78.9 Å². The lowest BCUT2D eigenvalue weighted by Gasteiger charge is -2.24. The third-order valence-electron chi connectivity index (χ3n) is 8.43. The van der Waals surface area contributed by atoms with Gasteiger partial charge in [0.1, 0.15) is 0 Å². The predicted molar refractivity (Wildman–Crippen MR) is 140 cm³/mol. The summed E-state index contributed by atoms with van der Waals surface area (Å²) in [7, 11) is 0. The average Bonchev–Trinajstić information content (AvgIpc) is 3.53. The lowest BCUT2D eigenvalue weighted by atomic mass is 9.92. The Morgan fingerprint density at radius 1 is 0.471 bits per heavy atom. The van der Waals surface area contributed by atoms with Crippen molar-refractivity contribution < 1.29 is 0 Å². The summed E-state index contributed by atoms with van der Waals surface area (Å²) in [4.78, 5) is 0. The van der Waals surface area contributed by atoms with E-state index in [1.807, 2.05) is 0 Å². The minimum absolute atomic E-state index is 1.01.